The first-order chi connectivity index (χ1) is 11.2. The molecule has 0 fully saturated rings. The normalized spacial score (nSPS) is 10.1. The van der Waals surface area contributed by atoms with Gasteiger partial charge in [-0.1, -0.05) is 42.5 Å². The summed E-state index contributed by atoms with van der Waals surface area (Å²) in [6.07, 6.45) is 4.25. The number of imidazole rings is 1. The minimum absolute atomic E-state index is 0.00861. The highest BCUT2D eigenvalue weighted by Gasteiger charge is 2.05. The van der Waals surface area contributed by atoms with Crippen LogP contribution in [-0.2, 0) is 0 Å². The molecule has 2 aromatic carbocycles. The van der Waals surface area contributed by atoms with Crippen LogP contribution in [0.3, 0.4) is 0 Å². The van der Waals surface area contributed by atoms with Crippen LogP contribution in [0.4, 0.5) is 0 Å². The Morgan fingerprint density at radius 3 is 2.39 bits per heavy atom. The summed E-state index contributed by atoms with van der Waals surface area (Å²) in [4.78, 5) is 15.4. The number of rotatable bonds is 1. The number of hydrogen-bond acceptors (Lipinski definition) is 4. The first kappa shape index (κ1) is 14.6. The summed E-state index contributed by atoms with van der Waals surface area (Å²) in [5.74, 6) is 0.606. The molecule has 4 aromatic rings. The van der Waals surface area contributed by atoms with Gasteiger partial charge >= 0.3 is 0 Å². The average molecular weight is 306 g/mol. The van der Waals surface area contributed by atoms with Crippen molar-refractivity contribution in [2.24, 2.45) is 0 Å². The standard InChI is InChI=1S/C15H10O2.C3H4N2O/c16-13-10-15(11-6-2-1-3-7-11)17-14-9-5-4-8-12(13)14;6-5-2-1-4-3-5/h1-10H;1-3,6H. The maximum Gasteiger partial charge on any atom is 0.193 e. The lowest BCUT2D eigenvalue weighted by molar-refractivity contribution is 0.186. The fraction of sp³-hybridized carbons (Fsp3) is 0. The summed E-state index contributed by atoms with van der Waals surface area (Å²) in [5, 5.41) is 8.94. The number of para-hydroxylation sites is 1. The molecule has 2 aromatic heterocycles. The zero-order valence-corrected chi connectivity index (χ0v) is 12.2. The van der Waals surface area contributed by atoms with Crippen LogP contribution in [0.25, 0.3) is 22.3 Å². The molecule has 5 heteroatoms. The van der Waals surface area contributed by atoms with E-state index in [-0.39, 0.29) is 5.43 Å². The highest BCUT2D eigenvalue weighted by molar-refractivity contribution is 5.78. The molecule has 4 rings (SSSR count). The smallest absolute Gasteiger partial charge is 0.193 e. The van der Waals surface area contributed by atoms with E-state index in [1.54, 1.807) is 6.07 Å². The second kappa shape index (κ2) is 6.62. The van der Waals surface area contributed by atoms with E-state index in [9.17, 15) is 4.79 Å². The van der Waals surface area contributed by atoms with Crippen LogP contribution in [0.1, 0.15) is 0 Å². The van der Waals surface area contributed by atoms with Crippen molar-refractivity contribution in [2.75, 3.05) is 0 Å². The van der Waals surface area contributed by atoms with Gasteiger partial charge in [0.25, 0.3) is 0 Å². The highest BCUT2D eigenvalue weighted by atomic mass is 16.5. The molecule has 0 atom stereocenters. The van der Waals surface area contributed by atoms with Crippen LogP contribution >= 0.6 is 0 Å². The van der Waals surface area contributed by atoms with Crippen LogP contribution in [0, 0.1) is 0 Å². The predicted octanol–water partition coefficient (Wildman–Crippen LogP) is 3.58. The predicted molar refractivity (Wildman–Crippen MR) is 87.3 cm³/mol. The Kier molecular flexibility index (Phi) is 4.20. The van der Waals surface area contributed by atoms with Crippen LogP contribution < -0.4 is 5.43 Å². The molecule has 0 aliphatic rings. The van der Waals surface area contributed by atoms with Gasteiger partial charge in [-0.2, -0.15) is 4.73 Å². The molecule has 0 spiro atoms. The summed E-state index contributed by atoms with van der Waals surface area (Å²) >= 11 is 0. The third-order valence-corrected chi connectivity index (χ3v) is 3.18. The second-order valence-electron chi connectivity index (χ2n) is 4.78. The Morgan fingerprint density at radius 1 is 1.00 bits per heavy atom. The number of benzene rings is 2. The fourth-order valence-corrected chi connectivity index (χ4v) is 2.10. The van der Waals surface area contributed by atoms with Crippen molar-refractivity contribution in [1.29, 1.82) is 0 Å². The molecule has 5 nitrogen and oxygen atoms in total. The van der Waals surface area contributed by atoms with Gasteiger partial charge in [-0.3, -0.25) is 4.79 Å². The quantitative estimate of drug-likeness (QED) is 0.546. The Labute approximate surface area is 132 Å². The van der Waals surface area contributed by atoms with E-state index in [4.69, 9.17) is 9.62 Å². The van der Waals surface area contributed by atoms with Crippen LogP contribution in [0.2, 0.25) is 0 Å². The molecule has 114 valence electrons. The summed E-state index contributed by atoms with van der Waals surface area (Å²) in [7, 11) is 0. The Hall–Kier alpha value is -3.34. The minimum Gasteiger partial charge on any atom is -0.456 e. The maximum absolute atomic E-state index is 11.9. The van der Waals surface area contributed by atoms with Gasteiger partial charge in [0, 0.05) is 17.8 Å². The second-order valence-corrected chi connectivity index (χ2v) is 4.78. The van der Waals surface area contributed by atoms with Crippen LogP contribution in [0.5, 0.6) is 0 Å². The lowest BCUT2D eigenvalue weighted by Crippen LogP contribution is -1.99. The van der Waals surface area contributed by atoms with Gasteiger partial charge in [-0.15, -0.1) is 0 Å². The van der Waals surface area contributed by atoms with Gasteiger partial charge in [0.15, 0.2) is 5.43 Å². The first-order valence-corrected chi connectivity index (χ1v) is 6.99. The molecule has 0 saturated heterocycles. The van der Waals surface area contributed by atoms with Crippen molar-refractivity contribution in [3.8, 4) is 11.3 Å². The summed E-state index contributed by atoms with van der Waals surface area (Å²) in [5.41, 5.74) is 1.53. The molecule has 2 heterocycles. The lowest BCUT2D eigenvalue weighted by Gasteiger charge is -2.02. The van der Waals surface area contributed by atoms with Gasteiger partial charge in [0.05, 0.1) is 11.6 Å². The lowest BCUT2D eigenvalue weighted by atomic mass is 10.1. The average Bonchev–Trinajstić information content (AvgIpc) is 3.07. The molecule has 0 amide bonds. The monoisotopic (exact) mass is 306 g/mol. The molecular weight excluding hydrogens is 292 g/mol. The van der Waals surface area contributed by atoms with Crippen molar-refractivity contribution < 1.29 is 9.62 Å². The van der Waals surface area contributed by atoms with E-state index < -0.39 is 0 Å². The Balaban J connectivity index is 0.000000220. The van der Waals surface area contributed by atoms with E-state index in [0.717, 1.165) is 10.3 Å². The third kappa shape index (κ3) is 3.47. The summed E-state index contributed by atoms with van der Waals surface area (Å²) < 4.78 is 6.62. The van der Waals surface area contributed by atoms with Crippen molar-refractivity contribution in [3.63, 3.8) is 0 Å². The Bertz CT molecular complexity index is 945. The van der Waals surface area contributed by atoms with Crippen molar-refractivity contribution in [2.45, 2.75) is 0 Å². The summed E-state index contributed by atoms with van der Waals surface area (Å²) in [6, 6.07) is 18.4. The van der Waals surface area contributed by atoms with E-state index in [1.807, 2.05) is 48.5 Å². The molecule has 0 unspecified atom stereocenters. The maximum atomic E-state index is 11.9. The topological polar surface area (TPSA) is 68.3 Å². The molecule has 0 radical (unpaired) electrons. The molecule has 1 N–H and O–H groups in total. The zero-order chi connectivity index (χ0) is 16.1. The fourth-order valence-electron chi connectivity index (χ4n) is 2.10. The minimum atomic E-state index is -0.00861. The van der Waals surface area contributed by atoms with Crippen LogP contribution in [-0.4, -0.2) is 14.9 Å². The van der Waals surface area contributed by atoms with E-state index >= 15 is 0 Å². The third-order valence-electron chi connectivity index (χ3n) is 3.18. The number of fused-ring (bicyclic) bond motifs is 1. The van der Waals surface area contributed by atoms with Gasteiger partial charge in [0.2, 0.25) is 0 Å². The van der Waals surface area contributed by atoms with Crippen LogP contribution in [0.15, 0.2) is 88.6 Å². The van der Waals surface area contributed by atoms with Gasteiger partial charge in [-0.25, -0.2) is 4.98 Å². The molecule has 0 aliphatic heterocycles. The van der Waals surface area contributed by atoms with Crippen molar-refractivity contribution in [3.05, 3.63) is 89.6 Å². The molecule has 0 bridgehead atoms. The highest BCUT2D eigenvalue weighted by Crippen LogP contribution is 2.21. The van der Waals surface area contributed by atoms with Gasteiger partial charge in [0.1, 0.15) is 17.7 Å². The SMILES string of the molecule is O=c1cc(-c2ccccc2)oc2ccccc12.On1ccnc1. The van der Waals surface area contributed by atoms with E-state index in [2.05, 4.69) is 4.98 Å². The largest absolute Gasteiger partial charge is 0.456 e. The van der Waals surface area contributed by atoms with E-state index in [0.29, 0.717) is 16.7 Å². The number of hydrogen-bond donors (Lipinski definition) is 1. The number of aromatic nitrogens is 2. The zero-order valence-electron chi connectivity index (χ0n) is 12.2. The van der Waals surface area contributed by atoms with Gasteiger partial charge < -0.3 is 9.62 Å². The number of nitrogens with zero attached hydrogens (tertiary/aromatic N) is 2. The molecule has 0 saturated carbocycles. The van der Waals surface area contributed by atoms with E-state index in [1.165, 1.54) is 24.8 Å². The molecule has 0 aliphatic carbocycles. The van der Waals surface area contributed by atoms with Gasteiger partial charge in [-0.05, 0) is 12.1 Å². The van der Waals surface area contributed by atoms with Crippen molar-refractivity contribution in [1.82, 2.24) is 9.71 Å². The molecule has 23 heavy (non-hydrogen) atoms. The Morgan fingerprint density at radius 2 is 1.74 bits per heavy atom. The molecular formula is C18H14N2O3. The first-order valence-electron chi connectivity index (χ1n) is 6.99. The van der Waals surface area contributed by atoms with Crippen molar-refractivity contribution >= 4 is 11.0 Å². The summed E-state index contributed by atoms with van der Waals surface area (Å²) in [6.45, 7) is 0.